The number of rotatable bonds is 5. The van der Waals surface area contributed by atoms with Crippen LogP contribution in [0.3, 0.4) is 0 Å². The molecule has 0 unspecified atom stereocenters. The highest BCUT2D eigenvalue weighted by Gasteiger charge is 2.23. The highest BCUT2D eigenvalue weighted by Crippen LogP contribution is 2.31. The van der Waals surface area contributed by atoms with E-state index in [4.69, 9.17) is 0 Å². The molecule has 1 amide bonds. The van der Waals surface area contributed by atoms with Crippen LogP contribution in [0, 0.1) is 5.82 Å². The van der Waals surface area contributed by atoms with Gasteiger partial charge in [0.1, 0.15) is 5.82 Å². The van der Waals surface area contributed by atoms with Crippen LogP contribution < -0.4 is 5.32 Å². The first kappa shape index (κ1) is 18.1. The van der Waals surface area contributed by atoms with Crippen LogP contribution in [0.25, 0.3) is 0 Å². The molecule has 1 saturated heterocycles. The molecule has 3 rings (SSSR count). The second-order valence-electron chi connectivity index (χ2n) is 6.01. The Morgan fingerprint density at radius 2 is 2.04 bits per heavy atom. The van der Waals surface area contributed by atoms with Crippen molar-refractivity contribution < 1.29 is 9.18 Å². The zero-order valence-corrected chi connectivity index (χ0v) is 15.7. The SMILES string of the molecule is C[C@@H](Sc1nnc(Nc2cccc(F)c2)s1)C(=O)N1CCCCCC1. The normalized spacial score (nSPS) is 16.3. The summed E-state index contributed by atoms with van der Waals surface area (Å²) in [5, 5.41) is 11.6. The highest BCUT2D eigenvalue weighted by molar-refractivity contribution is 8.02. The Labute approximate surface area is 155 Å². The van der Waals surface area contributed by atoms with Crippen molar-refractivity contribution in [1.29, 1.82) is 0 Å². The molecule has 0 aliphatic carbocycles. The minimum Gasteiger partial charge on any atom is -0.342 e. The Balaban J connectivity index is 1.57. The smallest absolute Gasteiger partial charge is 0.235 e. The standard InChI is InChI=1S/C17H21FN4OS2/c1-12(15(23)22-9-4-2-3-5-10-22)24-17-21-20-16(25-17)19-14-8-6-7-13(18)11-14/h6-8,11-12H,2-5,9-10H2,1H3,(H,19,20)/t12-/m1/s1. The fourth-order valence-electron chi connectivity index (χ4n) is 2.75. The molecule has 5 nitrogen and oxygen atoms in total. The summed E-state index contributed by atoms with van der Waals surface area (Å²) in [6.45, 7) is 3.62. The van der Waals surface area contributed by atoms with Gasteiger partial charge in [-0.1, -0.05) is 42.0 Å². The average Bonchev–Trinajstić information content (AvgIpc) is 2.85. The largest absolute Gasteiger partial charge is 0.342 e. The number of hydrogen-bond acceptors (Lipinski definition) is 6. The average molecular weight is 381 g/mol. The van der Waals surface area contributed by atoms with Crippen molar-refractivity contribution in [3.05, 3.63) is 30.1 Å². The number of likely N-dealkylation sites (tertiary alicyclic amines) is 1. The topological polar surface area (TPSA) is 58.1 Å². The molecule has 1 atom stereocenters. The first-order valence-electron chi connectivity index (χ1n) is 8.43. The van der Waals surface area contributed by atoms with Gasteiger partial charge >= 0.3 is 0 Å². The summed E-state index contributed by atoms with van der Waals surface area (Å²) >= 11 is 2.79. The van der Waals surface area contributed by atoms with Gasteiger partial charge in [-0.15, -0.1) is 10.2 Å². The van der Waals surface area contributed by atoms with Crippen molar-refractivity contribution >= 4 is 39.8 Å². The monoisotopic (exact) mass is 380 g/mol. The van der Waals surface area contributed by atoms with Gasteiger partial charge in [0.25, 0.3) is 0 Å². The number of anilines is 2. The van der Waals surface area contributed by atoms with E-state index in [0.717, 1.165) is 30.3 Å². The van der Waals surface area contributed by atoms with Crippen LogP contribution in [0.4, 0.5) is 15.2 Å². The minimum atomic E-state index is -0.305. The van der Waals surface area contributed by atoms with Gasteiger partial charge in [0, 0.05) is 18.8 Å². The highest BCUT2D eigenvalue weighted by atomic mass is 32.2. The third-order valence-electron chi connectivity index (χ3n) is 4.03. The summed E-state index contributed by atoms with van der Waals surface area (Å²) in [4.78, 5) is 14.6. The molecule has 8 heteroatoms. The van der Waals surface area contributed by atoms with Gasteiger partial charge in [-0.3, -0.25) is 4.79 Å². The lowest BCUT2D eigenvalue weighted by molar-refractivity contribution is -0.130. The van der Waals surface area contributed by atoms with Crippen LogP contribution in [-0.2, 0) is 4.79 Å². The van der Waals surface area contributed by atoms with Gasteiger partial charge in [0.15, 0.2) is 4.34 Å². The van der Waals surface area contributed by atoms with E-state index in [2.05, 4.69) is 15.5 Å². The van der Waals surface area contributed by atoms with Gasteiger partial charge in [0.05, 0.1) is 5.25 Å². The predicted octanol–water partition coefficient (Wildman–Crippen LogP) is 4.30. The molecular weight excluding hydrogens is 359 g/mol. The second kappa shape index (κ2) is 8.62. The van der Waals surface area contributed by atoms with Crippen molar-refractivity contribution in [3.63, 3.8) is 0 Å². The summed E-state index contributed by atoms with van der Waals surface area (Å²) in [6.07, 6.45) is 4.58. The first-order chi connectivity index (χ1) is 12.1. The molecule has 0 spiro atoms. The van der Waals surface area contributed by atoms with Gasteiger partial charge in [0.2, 0.25) is 11.0 Å². The predicted molar refractivity (Wildman–Crippen MR) is 100.0 cm³/mol. The lowest BCUT2D eigenvalue weighted by Crippen LogP contribution is -2.37. The molecule has 1 aliphatic rings. The van der Waals surface area contributed by atoms with Gasteiger partial charge in [-0.25, -0.2) is 4.39 Å². The molecule has 1 N–H and O–H groups in total. The third kappa shape index (κ3) is 5.15. The van der Waals surface area contributed by atoms with Crippen molar-refractivity contribution in [2.24, 2.45) is 0 Å². The Bertz CT molecular complexity index is 716. The molecule has 25 heavy (non-hydrogen) atoms. The molecule has 2 aromatic rings. The van der Waals surface area contributed by atoms with Crippen LogP contribution in [0.5, 0.6) is 0 Å². The first-order valence-corrected chi connectivity index (χ1v) is 10.1. The Hall–Kier alpha value is -1.67. The molecule has 2 heterocycles. The van der Waals surface area contributed by atoms with Crippen LogP contribution in [0.15, 0.2) is 28.6 Å². The molecule has 0 radical (unpaired) electrons. The number of carbonyl (C=O) groups excluding carboxylic acids is 1. The third-order valence-corrected chi connectivity index (χ3v) is 6.04. The van der Waals surface area contributed by atoms with Crippen molar-refractivity contribution in [3.8, 4) is 0 Å². The summed E-state index contributed by atoms with van der Waals surface area (Å²) in [6, 6.07) is 6.20. The number of benzene rings is 1. The zero-order chi connectivity index (χ0) is 17.6. The maximum Gasteiger partial charge on any atom is 0.235 e. The molecule has 134 valence electrons. The quantitative estimate of drug-likeness (QED) is 0.784. The van der Waals surface area contributed by atoms with Crippen LogP contribution in [0.2, 0.25) is 0 Å². The van der Waals surface area contributed by atoms with E-state index < -0.39 is 0 Å². The maximum absolute atomic E-state index is 13.2. The minimum absolute atomic E-state index is 0.168. The van der Waals surface area contributed by atoms with Crippen molar-refractivity contribution in [2.45, 2.75) is 42.2 Å². The van der Waals surface area contributed by atoms with E-state index in [0.29, 0.717) is 10.8 Å². The molecule has 0 saturated carbocycles. The number of halogens is 1. The summed E-state index contributed by atoms with van der Waals surface area (Å²) in [5.41, 5.74) is 0.626. The van der Waals surface area contributed by atoms with E-state index in [1.807, 2.05) is 11.8 Å². The lowest BCUT2D eigenvalue weighted by atomic mass is 10.2. The van der Waals surface area contributed by atoms with Gasteiger partial charge in [-0.05, 0) is 38.0 Å². The molecule has 1 aromatic carbocycles. The van der Waals surface area contributed by atoms with E-state index >= 15 is 0 Å². The number of hydrogen-bond donors (Lipinski definition) is 1. The van der Waals surface area contributed by atoms with Crippen LogP contribution in [-0.4, -0.2) is 39.3 Å². The summed E-state index contributed by atoms with van der Waals surface area (Å²) in [7, 11) is 0. The second-order valence-corrected chi connectivity index (χ2v) is 8.57. The summed E-state index contributed by atoms with van der Waals surface area (Å²) in [5.74, 6) is -0.137. The number of nitrogens with one attached hydrogen (secondary N) is 1. The Kier molecular flexibility index (Phi) is 6.25. The van der Waals surface area contributed by atoms with E-state index in [9.17, 15) is 9.18 Å². The van der Waals surface area contributed by atoms with Crippen LogP contribution >= 0.6 is 23.1 Å². The molecule has 1 fully saturated rings. The van der Waals surface area contributed by atoms with Crippen molar-refractivity contribution in [2.75, 3.05) is 18.4 Å². The van der Waals surface area contributed by atoms with E-state index in [-0.39, 0.29) is 17.0 Å². The number of carbonyl (C=O) groups is 1. The molecule has 0 bridgehead atoms. The summed E-state index contributed by atoms with van der Waals surface area (Å²) < 4.78 is 14.0. The van der Waals surface area contributed by atoms with Gasteiger partial charge < -0.3 is 10.2 Å². The van der Waals surface area contributed by atoms with E-state index in [1.165, 1.54) is 48.1 Å². The fourth-order valence-corrected chi connectivity index (χ4v) is 4.75. The molecule has 1 aliphatic heterocycles. The van der Waals surface area contributed by atoms with E-state index in [1.54, 1.807) is 12.1 Å². The Morgan fingerprint density at radius 3 is 2.76 bits per heavy atom. The Morgan fingerprint density at radius 1 is 1.28 bits per heavy atom. The number of thioether (sulfide) groups is 1. The number of amides is 1. The fraction of sp³-hybridized carbons (Fsp3) is 0.471. The number of aromatic nitrogens is 2. The molecular formula is C17H21FN4OS2. The molecule has 1 aromatic heterocycles. The van der Waals surface area contributed by atoms with Crippen LogP contribution in [0.1, 0.15) is 32.6 Å². The number of nitrogens with zero attached hydrogens (tertiary/aromatic N) is 3. The van der Waals surface area contributed by atoms with Crippen molar-refractivity contribution in [1.82, 2.24) is 15.1 Å². The lowest BCUT2D eigenvalue weighted by Gasteiger charge is -2.23. The maximum atomic E-state index is 13.2. The van der Waals surface area contributed by atoms with Gasteiger partial charge in [-0.2, -0.15) is 0 Å². The zero-order valence-electron chi connectivity index (χ0n) is 14.1.